The Hall–Kier alpha value is -3.97. The van der Waals surface area contributed by atoms with E-state index in [0.717, 1.165) is 18.4 Å². The number of aliphatic carboxylic acids is 1. The van der Waals surface area contributed by atoms with Gasteiger partial charge in [0.1, 0.15) is 11.8 Å². The quantitative estimate of drug-likeness (QED) is 0.0672. The van der Waals surface area contributed by atoms with Gasteiger partial charge in [-0.25, -0.2) is 14.8 Å². The van der Waals surface area contributed by atoms with Crippen LogP contribution in [-0.2, 0) is 49.2 Å². The maximum Gasteiger partial charge on any atom is 0.328 e. The van der Waals surface area contributed by atoms with Crippen molar-refractivity contribution in [3.63, 3.8) is 0 Å². The maximum atomic E-state index is 13.0. The predicted molar refractivity (Wildman–Crippen MR) is 194 cm³/mol. The van der Waals surface area contributed by atoms with Gasteiger partial charge in [0.15, 0.2) is 0 Å². The molecule has 1 aromatic heterocycles. The van der Waals surface area contributed by atoms with Gasteiger partial charge in [-0.2, -0.15) is 0 Å². The molecule has 0 aliphatic carbocycles. The number of nitrogens with zero attached hydrogens (tertiary/aromatic N) is 2. The summed E-state index contributed by atoms with van der Waals surface area (Å²) in [4.78, 5) is 45.8. The number of phenols is 1. The number of carbonyl (C=O) groups excluding carboxylic acids is 2. The number of aryl methyl sites for hydroxylation is 3. The minimum atomic E-state index is -1.37. The third kappa shape index (κ3) is 21.4. The Morgan fingerprint density at radius 3 is 1.75 bits per heavy atom. The number of hydrogen-bond donors (Lipinski definition) is 5. The van der Waals surface area contributed by atoms with Crippen LogP contribution in [-0.4, -0.2) is 150 Å². The molecule has 0 fully saturated rings. The fraction of sp³-hybridized carbons (Fsp3) is 0.639. The standard InChI is InChI=1S/C36H57N5O12/c1-4-47-13-14-49-17-18-51-21-22-53-24-23-52-20-19-50-16-15-48-12-10-32(43)38-26-31(35(45)46)41-34(44)33-27(2)39-36(40-28(33)3)37-11-6-8-29-7-5-9-30(42)25-29/h5,7,9,25,31,42H,4,6,8,10-24,26H2,1-3H3,(H,38,43)(H,41,44)(H,45,46)(H,37,39,40)/t31-/m0/s1. The van der Waals surface area contributed by atoms with Crippen LogP contribution in [0.5, 0.6) is 5.75 Å². The van der Waals surface area contributed by atoms with Crippen molar-refractivity contribution >= 4 is 23.7 Å². The minimum Gasteiger partial charge on any atom is -0.508 e. The number of aromatic hydroxyl groups is 1. The van der Waals surface area contributed by atoms with Crippen LogP contribution in [0.2, 0.25) is 0 Å². The van der Waals surface area contributed by atoms with Gasteiger partial charge < -0.3 is 59.3 Å². The molecular weight excluding hydrogens is 694 g/mol. The molecule has 17 nitrogen and oxygen atoms in total. The number of carboxylic acids is 1. The van der Waals surface area contributed by atoms with Crippen LogP contribution in [0, 0.1) is 13.8 Å². The minimum absolute atomic E-state index is 0.00499. The normalized spacial score (nSPS) is 11.7. The van der Waals surface area contributed by atoms with Crippen molar-refractivity contribution in [2.75, 3.05) is 111 Å². The van der Waals surface area contributed by atoms with Crippen LogP contribution in [0.3, 0.4) is 0 Å². The third-order valence-corrected chi connectivity index (χ3v) is 7.35. The molecule has 5 N–H and O–H groups in total. The highest BCUT2D eigenvalue weighted by atomic mass is 16.6. The summed E-state index contributed by atoms with van der Waals surface area (Å²) in [6, 6.07) is 5.69. The van der Waals surface area contributed by atoms with Crippen molar-refractivity contribution in [3.05, 3.63) is 46.8 Å². The van der Waals surface area contributed by atoms with Crippen LogP contribution < -0.4 is 16.0 Å². The molecular formula is C36H57N5O12. The second-order valence-corrected chi connectivity index (χ2v) is 11.6. The van der Waals surface area contributed by atoms with Gasteiger partial charge in [-0.1, -0.05) is 12.1 Å². The molecule has 17 heteroatoms. The van der Waals surface area contributed by atoms with Gasteiger partial charge in [0.2, 0.25) is 11.9 Å². The lowest BCUT2D eigenvalue weighted by Crippen LogP contribution is -2.48. The van der Waals surface area contributed by atoms with Gasteiger partial charge in [0.05, 0.1) is 103 Å². The third-order valence-electron chi connectivity index (χ3n) is 7.35. The zero-order valence-electron chi connectivity index (χ0n) is 31.2. The van der Waals surface area contributed by atoms with E-state index in [0.29, 0.717) is 103 Å². The van der Waals surface area contributed by atoms with E-state index >= 15 is 0 Å². The molecule has 0 spiro atoms. The molecule has 0 bridgehead atoms. The molecule has 0 radical (unpaired) electrons. The highest BCUT2D eigenvalue weighted by molar-refractivity contribution is 5.98. The number of nitrogens with one attached hydrogen (secondary N) is 3. The van der Waals surface area contributed by atoms with Crippen molar-refractivity contribution in [1.82, 2.24) is 20.6 Å². The van der Waals surface area contributed by atoms with Crippen LogP contribution in [0.15, 0.2) is 24.3 Å². The number of carboxylic acid groups (broad SMARTS) is 1. The molecule has 0 saturated heterocycles. The Bertz CT molecular complexity index is 1310. The lowest BCUT2D eigenvalue weighted by atomic mass is 10.1. The van der Waals surface area contributed by atoms with Crippen LogP contribution in [0.4, 0.5) is 5.95 Å². The zero-order chi connectivity index (χ0) is 38.5. The average molecular weight is 752 g/mol. The van der Waals surface area contributed by atoms with Crippen molar-refractivity contribution in [2.45, 2.75) is 46.1 Å². The van der Waals surface area contributed by atoms with Gasteiger partial charge in [-0.3, -0.25) is 9.59 Å². The average Bonchev–Trinajstić information content (AvgIpc) is 3.12. The number of phenolic OH excluding ortho intramolecular Hbond substituents is 1. The van der Waals surface area contributed by atoms with Crippen LogP contribution in [0.25, 0.3) is 0 Å². The number of benzene rings is 1. The molecule has 2 rings (SSSR count). The first kappa shape index (κ1) is 45.2. The molecule has 2 amide bonds. The van der Waals surface area contributed by atoms with E-state index in [1.54, 1.807) is 32.0 Å². The Labute approximate surface area is 311 Å². The summed E-state index contributed by atoms with van der Waals surface area (Å²) in [5, 5.41) is 27.4. The Balaban J connectivity index is 1.50. The van der Waals surface area contributed by atoms with Crippen molar-refractivity contribution < 1.29 is 57.8 Å². The number of anilines is 1. The van der Waals surface area contributed by atoms with E-state index < -0.39 is 23.8 Å². The van der Waals surface area contributed by atoms with E-state index in [2.05, 4.69) is 25.9 Å². The Kier molecular flexibility index (Phi) is 24.3. The molecule has 1 atom stereocenters. The Morgan fingerprint density at radius 2 is 1.26 bits per heavy atom. The summed E-state index contributed by atoms with van der Waals surface area (Å²) < 4.78 is 37.7. The predicted octanol–water partition coefficient (Wildman–Crippen LogP) is 1.67. The van der Waals surface area contributed by atoms with Gasteiger partial charge in [0.25, 0.3) is 5.91 Å². The van der Waals surface area contributed by atoms with Crippen molar-refractivity contribution in [1.29, 1.82) is 0 Å². The van der Waals surface area contributed by atoms with Crippen LogP contribution in [0.1, 0.15) is 47.1 Å². The monoisotopic (exact) mass is 751 g/mol. The molecule has 0 aliphatic rings. The summed E-state index contributed by atoms with van der Waals surface area (Å²) >= 11 is 0. The van der Waals surface area contributed by atoms with E-state index in [9.17, 15) is 24.6 Å². The SMILES string of the molecule is CCOCCOCCOCCOCCOCCOCCOCCC(=O)NC[C@H](NC(=O)c1c(C)nc(NCCCc2cccc(O)c2)nc1C)C(=O)O. The molecule has 0 saturated carbocycles. The highest BCUT2D eigenvalue weighted by Gasteiger charge is 2.24. The number of rotatable bonds is 32. The molecule has 1 aromatic carbocycles. The highest BCUT2D eigenvalue weighted by Crippen LogP contribution is 2.15. The van der Waals surface area contributed by atoms with E-state index in [-0.39, 0.29) is 37.5 Å². The van der Waals surface area contributed by atoms with Gasteiger partial charge in [-0.15, -0.1) is 0 Å². The molecule has 0 unspecified atom stereocenters. The summed E-state index contributed by atoms with van der Waals surface area (Å²) in [5.74, 6) is -1.82. The van der Waals surface area contributed by atoms with Gasteiger partial charge in [0, 0.05) is 26.1 Å². The fourth-order valence-corrected chi connectivity index (χ4v) is 4.69. The lowest BCUT2D eigenvalue weighted by Gasteiger charge is -2.17. The summed E-state index contributed by atoms with van der Waals surface area (Å²) in [7, 11) is 0. The topological polar surface area (TPSA) is 218 Å². The summed E-state index contributed by atoms with van der Waals surface area (Å²) in [6.07, 6.45) is 1.51. The number of hydrogen-bond acceptors (Lipinski definition) is 14. The first-order valence-corrected chi connectivity index (χ1v) is 17.9. The van der Waals surface area contributed by atoms with E-state index in [4.69, 9.17) is 33.2 Å². The fourth-order valence-electron chi connectivity index (χ4n) is 4.69. The molecule has 1 heterocycles. The largest absolute Gasteiger partial charge is 0.508 e. The molecule has 0 aliphatic heterocycles. The number of amides is 2. The number of carbonyl (C=O) groups is 3. The second kappa shape index (κ2) is 28.5. The van der Waals surface area contributed by atoms with Gasteiger partial charge in [-0.05, 0) is 51.3 Å². The van der Waals surface area contributed by atoms with Crippen molar-refractivity contribution in [2.24, 2.45) is 0 Å². The Morgan fingerprint density at radius 1 is 0.755 bits per heavy atom. The lowest BCUT2D eigenvalue weighted by molar-refractivity contribution is -0.139. The smallest absolute Gasteiger partial charge is 0.328 e. The number of aromatic nitrogens is 2. The van der Waals surface area contributed by atoms with E-state index in [1.165, 1.54) is 0 Å². The summed E-state index contributed by atoms with van der Waals surface area (Å²) in [5.41, 5.74) is 1.92. The van der Waals surface area contributed by atoms with Gasteiger partial charge >= 0.3 is 5.97 Å². The summed E-state index contributed by atoms with van der Waals surface area (Å²) in [6.45, 7) is 11.7. The molecule has 298 valence electrons. The zero-order valence-corrected chi connectivity index (χ0v) is 31.2. The second-order valence-electron chi connectivity index (χ2n) is 11.6. The molecule has 53 heavy (non-hydrogen) atoms. The first-order valence-electron chi connectivity index (χ1n) is 17.9. The number of ether oxygens (including phenoxy) is 7. The maximum absolute atomic E-state index is 13.0. The van der Waals surface area contributed by atoms with E-state index in [1.807, 2.05) is 13.0 Å². The van der Waals surface area contributed by atoms with Crippen molar-refractivity contribution in [3.8, 4) is 5.75 Å². The molecule has 2 aromatic rings. The van der Waals surface area contributed by atoms with Crippen LogP contribution >= 0.6 is 0 Å². The first-order chi connectivity index (χ1) is 25.7.